The first-order valence-corrected chi connectivity index (χ1v) is 11.7. The molecule has 0 bridgehead atoms. The second-order valence-corrected chi connectivity index (χ2v) is 8.53. The highest BCUT2D eigenvalue weighted by atomic mass is 35.5. The number of hydrogen-bond donors (Lipinski definition) is 1. The number of morpholine rings is 1. The first-order chi connectivity index (χ1) is 15.1. The van der Waals surface area contributed by atoms with Crippen LogP contribution >= 0.6 is 34.8 Å². The van der Waals surface area contributed by atoms with Crippen molar-refractivity contribution < 1.29 is 14.2 Å². The summed E-state index contributed by atoms with van der Waals surface area (Å²) in [5.41, 5.74) is 1.76. The van der Waals surface area contributed by atoms with Crippen LogP contribution < -0.4 is 14.8 Å². The van der Waals surface area contributed by atoms with Crippen molar-refractivity contribution in [3.63, 3.8) is 0 Å². The minimum Gasteiger partial charge on any atom is -0.490 e. The van der Waals surface area contributed by atoms with Gasteiger partial charge in [-0.2, -0.15) is 0 Å². The molecule has 0 aromatic heterocycles. The van der Waals surface area contributed by atoms with E-state index in [1.165, 1.54) is 0 Å². The standard InChI is InChI=1S/C23H29Cl3N2O3/c1-2-30-22-14-17(15-27-7-4-8-28-9-11-29-12-10-28)13-21(26)23(22)31-16-18-19(24)5-3-6-20(18)25/h3,5-6,13-14,27H,2,4,7-12,15-16H2,1H3. The van der Waals surface area contributed by atoms with Crippen LogP contribution in [0.2, 0.25) is 15.1 Å². The van der Waals surface area contributed by atoms with Crippen LogP contribution in [0.5, 0.6) is 11.5 Å². The van der Waals surface area contributed by atoms with Gasteiger partial charge in [0.15, 0.2) is 11.5 Å². The fourth-order valence-electron chi connectivity index (χ4n) is 3.43. The zero-order valence-corrected chi connectivity index (χ0v) is 20.0. The first-order valence-electron chi connectivity index (χ1n) is 10.6. The molecule has 31 heavy (non-hydrogen) atoms. The van der Waals surface area contributed by atoms with Gasteiger partial charge in [-0.05, 0) is 56.3 Å². The molecule has 8 heteroatoms. The molecular formula is C23H29Cl3N2O3. The van der Waals surface area contributed by atoms with Crippen molar-refractivity contribution in [2.75, 3.05) is 46.0 Å². The maximum Gasteiger partial charge on any atom is 0.180 e. The number of benzene rings is 2. The Morgan fingerprint density at radius 2 is 1.77 bits per heavy atom. The van der Waals surface area contributed by atoms with Gasteiger partial charge >= 0.3 is 0 Å². The summed E-state index contributed by atoms with van der Waals surface area (Å²) in [4.78, 5) is 2.44. The van der Waals surface area contributed by atoms with E-state index in [-0.39, 0.29) is 6.61 Å². The van der Waals surface area contributed by atoms with Gasteiger partial charge < -0.3 is 19.5 Å². The third-order valence-electron chi connectivity index (χ3n) is 5.05. The van der Waals surface area contributed by atoms with E-state index in [0.717, 1.165) is 56.9 Å². The van der Waals surface area contributed by atoms with E-state index < -0.39 is 0 Å². The smallest absolute Gasteiger partial charge is 0.180 e. The Kier molecular flexibility index (Phi) is 10.0. The Balaban J connectivity index is 1.56. The average molecular weight is 488 g/mol. The number of ether oxygens (including phenoxy) is 3. The van der Waals surface area contributed by atoms with E-state index in [1.54, 1.807) is 18.2 Å². The monoisotopic (exact) mass is 486 g/mol. The Morgan fingerprint density at radius 1 is 1.03 bits per heavy atom. The molecule has 0 atom stereocenters. The maximum absolute atomic E-state index is 6.54. The fraction of sp³-hybridized carbons (Fsp3) is 0.478. The molecule has 0 saturated carbocycles. The molecule has 1 fully saturated rings. The topological polar surface area (TPSA) is 43.0 Å². The summed E-state index contributed by atoms with van der Waals surface area (Å²) in [5.74, 6) is 1.11. The van der Waals surface area contributed by atoms with Crippen LogP contribution in [0.3, 0.4) is 0 Å². The van der Waals surface area contributed by atoms with Crippen LogP contribution in [0.25, 0.3) is 0 Å². The summed E-state index contributed by atoms with van der Waals surface area (Å²) in [5, 5.41) is 5.09. The summed E-state index contributed by atoms with van der Waals surface area (Å²) in [6, 6.07) is 9.24. The van der Waals surface area contributed by atoms with E-state index in [4.69, 9.17) is 49.0 Å². The van der Waals surface area contributed by atoms with Gasteiger partial charge in [-0.3, -0.25) is 4.90 Å². The summed E-state index contributed by atoms with van der Waals surface area (Å²) in [6.07, 6.45) is 1.09. The zero-order valence-electron chi connectivity index (χ0n) is 17.8. The molecule has 0 radical (unpaired) electrons. The van der Waals surface area contributed by atoms with Crippen LogP contribution in [0.4, 0.5) is 0 Å². The van der Waals surface area contributed by atoms with Gasteiger partial charge in [0, 0.05) is 35.2 Å². The molecule has 3 rings (SSSR count). The zero-order chi connectivity index (χ0) is 22.1. The van der Waals surface area contributed by atoms with E-state index in [1.807, 2.05) is 19.1 Å². The van der Waals surface area contributed by atoms with Crippen LogP contribution in [-0.4, -0.2) is 50.9 Å². The molecule has 1 heterocycles. The van der Waals surface area contributed by atoms with Gasteiger partial charge in [0.1, 0.15) is 6.61 Å². The molecule has 2 aromatic rings. The summed E-state index contributed by atoms with van der Waals surface area (Å²) < 4.78 is 17.1. The highest BCUT2D eigenvalue weighted by Crippen LogP contribution is 2.38. The number of nitrogens with one attached hydrogen (secondary N) is 1. The number of hydrogen-bond acceptors (Lipinski definition) is 5. The molecule has 5 nitrogen and oxygen atoms in total. The lowest BCUT2D eigenvalue weighted by Crippen LogP contribution is -2.37. The maximum atomic E-state index is 6.54. The third kappa shape index (κ3) is 7.41. The Hall–Kier alpha value is -1.21. The molecule has 2 aromatic carbocycles. The third-order valence-corrected chi connectivity index (χ3v) is 6.04. The molecule has 170 valence electrons. The second kappa shape index (κ2) is 12.7. The van der Waals surface area contributed by atoms with Crippen molar-refractivity contribution in [1.29, 1.82) is 0 Å². The van der Waals surface area contributed by atoms with Gasteiger partial charge in [-0.25, -0.2) is 0 Å². The Morgan fingerprint density at radius 3 is 2.48 bits per heavy atom. The fourth-order valence-corrected chi connectivity index (χ4v) is 4.22. The van der Waals surface area contributed by atoms with Crippen LogP contribution in [-0.2, 0) is 17.9 Å². The highest BCUT2D eigenvalue weighted by Gasteiger charge is 2.15. The van der Waals surface area contributed by atoms with Gasteiger partial charge in [-0.1, -0.05) is 40.9 Å². The first kappa shape index (κ1) is 24.4. The number of rotatable bonds is 11. The van der Waals surface area contributed by atoms with Gasteiger partial charge in [0.2, 0.25) is 0 Å². The summed E-state index contributed by atoms with van der Waals surface area (Å²) >= 11 is 19.0. The summed E-state index contributed by atoms with van der Waals surface area (Å²) in [7, 11) is 0. The lowest BCUT2D eigenvalue weighted by atomic mass is 10.2. The molecule has 1 N–H and O–H groups in total. The van der Waals surface area contributed by atoms with Gasteiger partial charge in [0.25, 0.3) is 0 Å². The molecule has 1 saturated heterocycles. The normalized spacial score (nSPS) is 14.6. The van der Waals surface area contributed by atoms with Crippen molar-refractivity contribution in [3.05, 3.63) is 56.5 Å². The van der Waals surface area contributed by atoms with E-state index in [0.29, 0.717) is 39.7 Å². The van der Waals surface area contributed by atoms with Crippen molar-refractivity contribution in [2.45, 2.75) is 26.5 Å². The van der Waals surface area contributed by atoms with Crippen molar-refractivity contribution in [2.24, 2.45) is 0 Å². The van der Waals surface area contributed by atoms with Crippen molar-refractivity contribution in [1.82, 2.24) is 10.2 Å². The molecule has 0 aliphatic carbocycles. The molecule has 1 aliphatic rings. The Labute approximate surface area is 199 Å². The average Bonchev–Trinajstić information content (AvgIpc) is 2.75. The van der Waals surface area contributed by atoms with E-state index in [2.05, 4.69) is 10.2 Å². The molecule has 0 unspecified atom stereocenters. The second-order valence-electron chi connectivity index (χ2n) is 7.31. The molecule has 0 spiro atoms. The van der Waals surface area contributed by atoms with Crippen LogP contribution in [0, 0.1) is 0 Å². The largest absolute Gasteiger partial charge is 0.490 e. The minimum atomic E-state index is 0.206. The predicted molar refractivity (Wildman–Crippen MR) is 127 cm³/mol. The van der Waals surface area contributed by atoms with Gasteiger partial charge in [-0.15, -0.1) is 0 Å². The molecule has 0 amide bonds. The summed E-state index contributed by atoms with van der Waals surface area (Å²) in [6.45, 7) is 9.09. The lowest BCUT2D eigenvalue weighted by Gasteiger charge is -2.26. The van der Waals surface area contributed by atoms with Crippen LogP contribution in [0.15, 0.2) is 30.3 Å². The van der Waals surface area contributed by atoms with Crippen molar-refractivity contribution in [3.8, 4) is 11.5 Å². The highest BCUT2D eigenvalue weighted by molar-refractivity contribution is 6.36. The molecule has 1 aliphatic heterocycles. The van der Waals surface area contributed by atoms with E-state index >= 15 is 0 Å². The van der Waals surface area contributed by atoms with E-state index in [9.17, 15) is 0 Å². The molecular weight excluding hydrogens is 459 g/mol. The number of halogens is 3. The number of nitrogens with zero attached hydrogens (tertiary/aromatic N) is 1. The predicted octanol–water partition coefficient (Wildman–Crippen LogP) is 5.44. The Bertz CT molecular complexity index is 825. The SMILES string of the molecule is CCOc1cc(CNCCCN2CCOCC2)cc(Cl)c1OCc1c(Cl)cccc1Cl. The van der Waals surface area contributed by atoms with Gasteiger partial charge in [0.05, 0.1) is 24.8 Å². The van der Waals surface area contributed by atoms with Crippen molar-refractivity contribution >= 4 is 34.8 Å². The lowest BCUT2D eigenvalue weighted by molar-refractivity contribution is 0.0374. The van der Waals surface area contributed by atoms with Crippen LogP contribution in [0.1, 0.15) is 24.5 Å². The quantitative estimate of drug-likeness (QED) is 0.428. The minimum absolute atomic E-state index is 0.206.